The largest absolute Gasteiger partial charge is 0.464 e. The first-order chi connectivity index (χ1) is 13.8. The van der Waals surface area contributed by atoms with E-state index in [1.807, 2.05) is 30.6 Å². The fraction of sp³-hybridized carbons (Fsp3) is 0.450. The number of rotatable bonds is 4. The molecule has 2 fully saturated rings. The van der Waals surface area contributed by atoms with E-state index in [9.17, 15) is 0 Å². The molecule has 8 heteroatoms. The number of hydrogen-bond acceptors (Lipinski definition) is 8. The van der Waals surface area contributed by atoms with Crippen molar-refractivity contribution < 1.29 is 9.15 Å². The molecule has 3 aromatic heterocycles. The van der Waals surface area contributed by atoms with Crippen LogP contribution >= 0.6 is 0 Å². The van der Waals surface area contributed by atoms with Gasteiger partial charge in [-0.3, -0.25) is 0 Å². The number of nitrogens with zero attached hydrogens (tertiary/aromatic N) is 6. The Kier molecular flexibility index (Phi) is 4.48. The summed E-state index contributed by atoms with van der Waals surface area (Å²) in [5.41, 5.74) is 0.882. The van der Waals surface area contributed by atoms with Gasteiger partial charge in [-0.05, 0) is 24.6 Å². The van der Waals surface area contributed by atoms with Gasteiger partial charge >= 0.3 is 0 Å². The van der Waals surface area contributed by atoms with Crippen LogP contribution < -0.4 is 14.7 Å². The van der Waals surface area contributed by atoms with Crippen LogP contribution in [-0.4, -0.2) is 67.4 Å². The highest BCUT2D eigenvalue weighted by Gasteiger charge is 2.29. The average Bonchev–Trinajstić information content (AvgIpc) is 3.43. The van der Waals surface area contributed by atoms with Gasteiger partial charge in [-0.1, -0.05) is 0 Å². The van der Waals surface area contributed by atoms with Crippen molar-refractivity contribution in [1.29, 1.82) is 0 Å². The van der Waals surface area contributed by atoms with Crippen LogP contribution in [0.3, 0.4) is 0 Å². The highest BCUT2D eigenvalue weighted by molar-refractivity contribution is 5.88. The number of fused-ring (bicyclic) bond motifs is 1. The zero-order chi connectivity index (χ0) is 18.9. The zero-order valence-corrected chi connectivity index (χ0v) is 16.0. The van der Waals surface area contributed by atoms with Crippen LogP contribution in [-0.2, 0) is 4.74 Å². The maximum Gasteiger partial charge on any atom is 0.227 e. The lowest BCUT2D eigenvalue weighted by Gasteiger charge is -2.29. The Morgan fingerprint density at radius 1 is 1.04 bits per heavy atom. The fourth-order valence-corrected chi connectivity index (χ4v) is 4.02. The third-order valence-corrected chi connectivity index (χ3v) is 5.65. The number of morpholine rings is 1. The first kappa shape index (κ1) is 17.2. The summed E-state index contributed by atoms with van der Waals surface area (Å²) in [6.07, 6.45) is 6.45. The maximum atomic E-state index is 5.52. The molecule has 5 heterocycles. The normalized spacial score (nSPS) is 20.1. The molecular weight excluding hydrogens is 356 g/mol. The Morgan fingerprint density at radius 2 is 1.89 bits per heavy atom. The van der Waals surface area contributed by atoms with Crippen LogP contribution in [0.15, 0.2) is 41.3 Å². The minimum Gasteiger partial charge on any atom is -0.464 e. The van der Waals surface area contributed by atoms with Gasteiger partial charge in [-0.25, -0.2) is 9.97 Å². The molecule has 2 aliphatic heterocycles. The van der Waals surface area contributed by atoms with Crippen molar-refractivity contribution in [2.75, 3.05) is 61.1 Å². The molecular formula is C20H24N6O2. The second-order valence-electron chi connectivity index (χ2n) is 7.28. The van der Waals surface area contributed by atoms with Crippen LogP contribution in [0.4, 0.5) is 17.6 Å². The van der Waals surface area contributed by atoms with E-state index in [4.69, 9.17) is 14.1 Å². The Labute approximate surface area is 163 Å². The van der Waals surface area contributed by atoms with Crippen LogP contribution in [0.1, 0.15) is 6.42 Å². The van der Waals surface area contributed by atoms with Gasteiger partial charge in [0.2, 0.25) is 5.95 Å². The number of aromatic nitrogens is 3. The number of hydrogen-bond donors (Lipinski definition) is 0. The lowest BCUT2D eigenvalue weighted by atomic mass is 10.2. The molecule has 0 spiro atoms. The van der Waals surface area contributed by atoms with E-state index in [0.29, 0.717) is 6.04 Å². The molecule has 0 bridgehead atoms. The number of furan rings is 1. The molecule has 0 saturated carbocycles. The van der Waals surface area contributed by atoms with E-state index in [2.05, 4.69) is 31.7 Å². The van der Waals surface area contributed by atoms with Gasteiger partial charge in [0.1, 0.15) is 17.2 Å². The van der Waals surface area contributed by atoms with E-state index in [-0.39, 0.29) is 0 Å². The van der Waals surface area contributed by atoms with E-state index >= 15 is 0 Å². The number of likely N-dealkylation sites (N-methyl/N-ethyl adjacent to an activating group) is 1. The van der Waals surface area contributed by atoms with Crippen LogP contribution in [0.5, 0.6) is 0 Å². The van der Waals surface area contributed by atoms with Crippen molar-refractivity contribution in [3.8, 4) is 0 Å². The van der Waals surface area contributed by atoms with Crippen LogP contribution in [0.2, 0.25) is 0 Å². The van der Waals surface area contributed by atoms with Crippen molar-refractivity contribution >= 4 is 28.6 Å². The summed E-state index contributed by atoms with van der Waals surface area (Å²) in [4.78, 5) is 20.7. The molecule has 146 valence electrons. The van der Waals surface area contributed by atoms with Crippen molar-refractivity contribution in [2.24, 2.45) is 0 Å². The molecule has 2 aliphatic rings. The molecule has 0 radical (unpaired) electrons. The third-order valence-electron chi connectivity index (χ3n) is 5.65. The van der Waals surface area contributed by atoms with Crippen molar-refractivity contribution in [1.82, 2.24) is 15.0 Å². The van der Waals surface area contributed by atoms with Gasteiger partial charge in [0.15, 0.2) is 0 Å². The van der Waals surface area contributed by atoms with E-state index in [1.54, 1.807) is 6.26 Å². The predicted molar refractivity (Wildman–Crippen MR) is 108 cm³/mol. The fourth-order valence-electron chi connectivity index (χ4n) is 4.02. The van der Waals surface area contributed by atoms with Crippen LogP contribution in [0, 0.1) is 0 Å². The second-order valence-corrected chi connectivity index (χ2v) is 7.28. The molecule has 0 amide bonds. The number of pyridine rings is 1. The Bertz CT molecular complexity index is 955. The summed E-state index contributed by atoms with van der Waals surface area (Å²) in [5.74, 6) is 2.74. The molecule has 1 unspecified atom stereocenters. The lowest BCUT2D eigenvalue weighted by molar-refractivity contribution is 0.122. The molecule has 0 aliphatic carbocycles. The summed E-state index contributed by atoms with van der Waals surface area (Å²) >= 11 is 0. The molecule has 28 heavy (non-hydrogen) atoms. The first-order valence-corrected chi connectivity index (χ1v) is 9.75. The van der Waals surface area contributed by atoms with Crippen molar-refractivity contribution in [2.45, 2.75) is 12.5 Å². The summed E-state index contributed by atoms with van der Waals surface area (Å²) in [6.45, 7) is 5.01. The Hall–Kier alpha value is -2.87. The third kappa shape index (κ3) is 3.13. The summed E-state index contributed by atoms with van der Waals surface area (Å²) < 4.78 is 11.0. The standard InChI is InChI=1S/C20H24N6O2/c1-24(18-3-7-22-20(23-18)25-9-12-27-13-10-25)15-4-8-26(14-15)19-16-5-11-28-17(16)2-6-21-19/h2-3,5-7,11,15H,4,8-10,12-14H2,1H3. The van der Waals surface area contributed by atoms with E-state index < -0.39 is 0 Å². The number of ether oxygens (including phenoxy) is 1. The second kappa shape index (κ2) is 7.27. The topological polar surface area (TPSA) is 70.8 Å². The smallest absolute Gasteiger partial charge is 0.227 e. The minimum atomic E-state index is 0.372. The zero-order valence-electron chi connectivity index (χ0n) is 16.0. The highest BCUT2D eigenvalue weighted by Crippen LogP contribution is 2.30. The number of anilines is 3. The van der Waals surface area contributed by atoms with E-state index in [0.717, 1.165) is 74.4 Å². The minimum absolute atomic E-state index is 0.372. The summed E-state index contributed by atoms with van der Waals surface area (Å²) in [6, 6.07) is 6.26. The van der Waals surface area contributed by atoms with Crippen molar-refractivity contribution in [3.63, 3.8) is 0 Å². The SMILES string of the molecule is CN(c1ccnc(N2CCOCC2)n1)C1CCN(c2nccc3occc23)C1. The summed E-state index contributed by atoms with van der Waals surface area (Å²) in [7, 11) is 2.12. The van der Waals surface area contributed by atoms with Crippen LogP contribution in [0.25, 0.3) is 11.0 Å². The average molecular weight is 380 g/mol. The lowest BCUT2D eigenvalue weighted by Crippen LogP contribution is -2.38. The Morgan fingerprint density at radius 3 is 2.79 bits per heavy atom. The molecule has 0 aromatic carbocycles. The van der Waals surface area contributed by atoms with Gasteiger partial charge in [0, 0.05) is 51.7 Å². The molecule has 0 N–H and O–H groups in total. The first-order valence-electron chi connectivity index (χ1n) is 9.75. The van der Waals surface area contributed by atoms with Gasteiger partial charge in [-0.2, -0.15) is 4.98 Å². The highest BCUT2D eigenvalue weighted by atomic mass is 16.5. The molecule has 3 aromatic rings. The molecule has 5 rings (SSSR count). The quantitative estimate of drug-likeness (QED) is 0.682. The predicted octanol–water partition coefficient (Wildman–Crippen LogP) is 2.17. The van der Waals surface area contributed by atoms with Crippen molar-refractivity contribution in [3.05, 3.63) is 36.9 Å². The van der Waals surface area contributed by atoms with Gasteiger partial charge in [-0.15, -0.1) is 0 Å². The molecule has 8 nitrogen and oxygen atoms in total. The van der Waals surface area contributed by atoms with Gasteiger partial charge < -0.3 is 23.9 Å². The van der Waals surface area contributed by atoms with Gasteiger partial charge in [0.05, 0.1) is 24.9 Å². The summed E-state index contributed by atoms with van der Waals surface area (Å²) in [5, 5.41) is 1.07. The van der Waals surface area contributed by atoms with E-state index in [1.165, 1.54) is 0 Å². The Balaban J connectivity index is 1.32. The molecule has 1 atom stereocenters. The monoisotopic (exact) mass is 380 g/mol. The maximum absolute atomic E-state index is 5.52. The molecule has 2 saturated heterocycles. The van der Waals surface area contributed by atoms with Gasteiger partial charge in [0.25, 0.3) is 0 Å².